The summed E-state index contributed by atoms with van der Waals surface area (Å²) in [6.07, 6.45) is 6.13. The van der Waals surface area contributed by atoms with Gasteiger partial charge in [-0.25, -0.2) is 0 Å². The molecule has 196 valence electrons. The first-order valence-electron chi connectivity index (χ1n) is 14.3. The fourth-order valence-electron chi connectivity index (χ4n) is 7.04. The van der Waals surface area contributed by atoms with Crippen molar-refractivity contribution in [3.63, 3.8) is 0 Å². The van der Waals surface area contributed by atoms with Gasteiger partial charge in [0.05, 0.1) is 0 Å². The van der Waals surface area contributed by atoms with E-state index in [2.05, 4.69) is 178 Å². The van der Waals surface area contributed by atoms with Crippen LogP contribution in [-0.4, -0.2) is 0 Å². The van der Waals surface area contributed by atoms with Gasteiger partial charge in [-0.3, -0.25) is 0 Å². The van der Waals surface area contributed by atoms with E-state index >= 15 is 0 Å². The minimum absolute atomic E-state index is 0.134. The second kappa shape index (κ2) is 11.0. The fraction of sp³-hybridized carbons (Fsp3) is 0.150. The molecule has 1 aliphatic rings. The average Bonchev–Trinajstić information content (AvgIpc) is 3.56. The SMILES string of the molecule is CC(C)=C[C@@]1(Cc2ccccc2)[C@@H](C=C(c2ccccc2)c2ccccc2)C1(c1ccccc1)c1ccccc1. The summed E-state index contributed by atoms with van der Waals surface area (Å²) < 4.78 is 0. The number of hydrogen-bond acceptors (Lipinski definition) is 0. The first-order valence-corrected chi connectivity index (χ1v) is 14.3. The number of benzene rings is 5. The number of allylic oxidation sites excluding steroid dienone is 3. The molecule has 0 unspecified atom stereocenters. The van der Waals surface area contributed by atoms with Crippen LogP contribution in [0.3, 0.4) is 0 Å². The predicted molar refractivity (Wildman–Crippen MR) is 169 cm³/mol. The maximum absolute atomic E-state index is 2.59. The topological polar surface area (TPSA) is 0 Å². The van der Waals surface area contributed by atoms with Crippen LogP contribution in [0.1, 0.15) is 41.7 Å². The average molecular weight is 517 g/mol. The van der Waals surface area contributed by atoms with Crippen LogP contribution >= 0.6 is 0 Å². The largest absolute Gasteiger partial charge is 0.0798 e. The van der Waals surface area contributed by atoms with E-state index in [0.29, 0.717) is 0 Å². The molecule has 0 radical (unpaired) electrons. The van der Waals surface area contributed by atoms with Gasteiger partial charge < -0.3 is 0 Å². The Morgan fingerprint density at radius 2 is 0.950 bits per heavy atom. The molecule has 0 nitrogen and oxygen atoms in total. The lowest BCUT2D eigenvalue weighted by Crippen LogP contribution is -2.21. The zero-order valence-corrected chi connectivity index (χ0v) is 23.4. The van der Waals surface area contributed by atoms with Crippen LogP contribution in [0.5, 0.6) is 0 Å². The van der Waals surface area contributed by atoms with Gasteiger partial charge in [-0.1, -0.05) is 169 Å². The molecule has 0 bridgehead atoms. The quantitative estimate of drug-likeness (QED) is 0.180. The van der Waals surface area contributed by atoms with E-state index in [9.17, 15) is 0 Å². The summed E-state index contributed by atoms with van der Waals surface area (Å²) in [5.74, 6) is 0.246. The summed E-state index contributed by atoms with van der Waals surface area (Å²) in [5, 5.41) is 0. The molecule has 0 N–H and O–H groups in total. The van der Waals surface area contributed by atoms with E-state index in [1.165, 1.54) is 39.0 Å². The second-order valence-electron chi connectivity index (χ2n) is 11.3. The van der Waals surface area contributed by atoms with Crippen molar-refractivity contribution < 1.29 is 0 Å². The van der Waals surface area contributed by atoms with Crippen molar-refractivity contribution >= 4 is 5.57 Å². The van der Waals surface area contributed by atoms with Crippen molar-refractivity contribution in [3.8, 4) is 0 Å². The van der Waals surface area contributed by atoms with Crippen LogP contribution < -0.4 is 0 Å². The molecule has 5 aromatic carbocycles. The molecule has 0 amide bonds. The van der Waals surface area contributed by atoms with Crippen LogP contribution in [-0.2, 0) is 11.8 Å². The van der Waals surface area contributed by atoms with E-state index in [1.807, 2.05) is 0 Å². The predicted octanol–water partition coefficient (Wildman–Crippen LogP) is 9.93. The minimum Gasteiger partial charge on any atom is -0.0798 e. The van der Waals surface area contributed by atoms with Crippen LogP contribution in [0.25, 0.3) is 5.57 Å². The Balaban J connectivity index is 1.67. The molecule has 1 saturated carbocycles. The Kier molecular flexibility index (Phi) is 7.10. The molecule has 2 atom stereocenters. The van der Waals surface area contributed by atoms with Gasteiger partial charge in [-0.15, -0.1) is 0 Å². The van der Waals surface area contributed by atoms with Crippen LogP contribution in [0.15, 0.2) is 169 Å². The Morgan fingerprint density at radius 1 is 0.550 bits per heavy atom. The number of hydrogen-bond donors (Lipinski definition) is 0. The second-order valence-corrected chi connectivity index (χ2v) is 11.3. The molecule has 40 heavy (non-hydrogen) atoms. The van der Waals surface area contributed by atoms with Crippen LogP contribution in [0.4, 0.5) is 0 Å². The third-order valence-electron chi connectivity index (χ3n) is 8.52. The molecule has 6 rings (SSSR count). The summed E-state index contributed by atoms with van der Waals surface area (Å²) in [7, 11) is 0. The number of rotatable bonds is 8. The lowest BCUT2D eigenvalue weighted by molar-refractivity contribution is 0.545. The normalized spacial score (nSPS) is 18.9. The van der Waals surface area contributed by atoms with Gasteiger partial charge in [-0.2, -0.15) is 0 Å². The highest BCUT2D eigenvalue weighted by Gasteiger charge is 2.75. The Morgan fingerprint density at radius 3 is 1.38 bits per heavy atom. The third kappa shape index (κ3) is 4.54. The van der Waals surface area contributed by atoms with Crippen molar-refractivity contribution in [2.24, 2.45) is 11.3 Å². The van der Waals surface area contributed by atoms with Gasteiger partial charge in [-0.05, 0) is 53.7 Å². The van der Waals surface area contributed by atoms with Crippen LogP contribution in [0.2, 0.25) is 0 Å². The lowest BCUT2D eigenvalue weighted by atomic mass is 9.77. The summed E-state index contributed by atoms with van der Waals surface area (Å²) in [6, 6.07) is 55.2. The summed E-state index contributed by atoms with van der Waals surface area (Å²) in [6.45, 7) is 4.50. The van der Waals surface area contributed by atoms with Crippen molar-refractivity contribution in [2.75, 3.05) is 0 Å². The summed E-state index contributed by atoms with van der Waals surface area (Å²) >= 11 is 0. The van der Waals surface area contributed by atoms with E-state index in [4.69, 9.17) is 0 Å². The highest BCUT2D eigenvalue weighted by atomic mass is 14.8. The van der Waals surface area contributed by atoms with Crippen molar-refractivity contribution in [1.29, 1.82) is 0 Å². The summed E-state index contributed by atoms with van der Waals surface area (Å²) in [4.78, 5) is 0. The molecule has 1 fully saturated rings. The van der Waals surface area contributed by atoms with Crippen molar-refractivity contribution in [3.05, 3.63) is 197 Å². The van der Waals surface area contributed by atoms with Crippen molar-refractivity contribution in [2.45, 2.75) is 25.7 Å². The summed E-state index contributed by atoms with van der Waals surface area (Å²) in [5.41, 5.74) is 8.91. The van der Waals surface area contributed by atoms with E-state index in [1.54, 1.807) is 0 Å². The Bertz CT molecular complexity index is 1510. The zero-order chi connectivity index (χ0) is 27.4. The molecule has 5 aromatic rings. The van der Waals surface area contributed by atoms with Gasteiger partial charge >= 0.3 is 0 Å². The molecule has 0 spiro atoms. The molecule has 1 aliphatic carbocycles. The molecule has 0 aromatic heterocycles. The van der Waals surface area contributed by atoms with Crippen molar-refractivity contribution in [1.82, 2.24) is 0 Å². The third-order valence-corrected chi connectivity index (χ3v) is 8.52. The fourth-order valence-corrected chi connectivity index (χ4v) is 7.04. The zero-order valence-electron chi connectivity index (χ0n) is 23.4. The van der Waals surface area contributed by atoms with Gasteiger partial charge in [0.1, 0.15) is 0 Å². The molecule has 0 saturated heterocycles. The van der Waals surface area contributed by atoms with Crippen LogP contribution in [0, 0.1) is 11.3 Å². The first kappa shape index (κ1) is 25.8. The van der Waals surface area contributed by atoms with E-state index in [-0.39, 0.29) is 16.7 Å². The highest BCUT2D eigenvalue weighted by Crippen LogP contribution is 2.76. The molecule has 0 heterocycles. The standard InChI is InChI=1S/C40H36/c1-31(2)29-39(30-32-18-8-3-9-19-32)38(28-37(33-20-10-4-11-21-33)34-22-12-5-13-23-34)40(39,35-24-14-6-15-25-35)36-26-16-7-17-27-36/h3-29,38H,30H2,1-2H3/t38-,39-/m1/s1. The highest BCUT2D eigenvalue weighted by molar-refractivity contribution is 5.81. The van der Waals surface area contributed by atoms with Gasteiger partial charge in [0.25, 0.3) is 0 Å². The smallest absolute Gasteiger partial charge is 0.0374 e. The lowest BCUT2D eigenvalue weighted by Gasteiger charge is -2.26. The molecule has 0 aliphatic heterocycles. The maximum atomic E-state index is 2.59. The van der Waals surface area contributed by atoms with E-state index in [0.717, 1.165) is 6.42 Å². The molecule has 0 heteroatoms. The van der Waals surface area contributed by atoms with E-state index < -0.39 is 0 Å². The first-order chi connectivity index (χ1) is 19.6. The Labute approximate surface area is 239 Å². The maximum Gasteiger partial charge on any atom is 0.0374 e. The van der Waals surface area contributed by atoms with Gasteiger partial charge in [0.15, 0.2) is 0 Å². The van der Waals surface area contributed by atoms with Gasteiger partial charge in [0, 0.05) is 16.7 Å². The van der Waals surface area contributed by atoms with Gasteiger partial charge in [0.2, 0.25) is 0 Å². The molecular formula is C40H36. The monoisotopic (exact) mass is 516 g/mol. The molecular weight excluding hydrogens is 480 g/mol. The minimum atomic E-state index is -0.211. The Hall–Kier alpha value is -4.42.